The molecule has 5 nitrogen and oxygen atoms in total. The summed E-state index contributed by atoms with van der Waals surface area (Å²) in [6, 6.07) is 92.9. The fourth-order valence-electron chi connectivity index (χ4n) is 9.49. The second kappa shape index (κ2) is 20.0. The first-order valence-electron chi connectivity index (χ1n) is 24.6. The van der Waals surface area contributed by atoms with Crippen molar-refractivity contribution in [1.29, 1.82) is 0 Å². The van der Waals surface area contributed by atoms with Crippen LogP contribution in [0.4, 0.5) is 0 Å². The van der Waals surface area contributed by atoms with E-state index in [1.54, 1.807) is 0 Å². The standard InChI is InChI=1S/C68H47N5/c1-46-63(53-38-34-51(35-39-53)47-18-6-2-7-19-47)69-66(70-64(46)59-30-14-26-55(42-59)49-22-10-4-11-23-49)60-31-16-28-57(44-60)58-29-17-33-62(45-58)68-72-65(54-40-36-52(37-41-54)48-20-8-3-9-21-48)71-67(73-68)61-32-15-27-56(43-61)50-24-12-5-13-25-50/h2-45H,1H3. The highest BCUT2D eigenvalue weighted by Gasteiger charge is 2.19. The summed E-state index contributed by atoms with van der Waals surface area (Å²) in [5.41, 5.74) is 19.6. The fourth-order valence-corrected chi connectivity index (χ4v) is 9.49. The summed E-state index contributed by atoms with van der Waals surface area (Å²) in [6.45, 7) is 2.13. The maximum absolute atomic E-state index is 5.39. The normalized spacial score (nSPS) is 11.1. The average Bonchev–Trinajstić information content (AvgIpc) is 3.48. The molecule has 0 radical (unpaired) electrons. The van der Waals surface area contributed by atoms with Crippen molar-refractivity contribution in [3.8, 4) is 124 Å². The molecule has 344 valence electrons. The van der Waals surface area contributed by atoms with Crippen molar-refractivity contribution >= 4 is 0 Å². The van der Waals surface area contributed by atoms with Gasteiger partial charge in [-0.2, -0.15) is 0 Å². The zero-order valence-electron chi connectivity index (χ0n) is 40.1. The van der Waals surface area contributed by atoms with E-state index in [4.69, 9.17) is 24.9 Å². The highest BCUT2D eigenvalue weighted by molar-refractivity contribution is 5.82. The first-order valence-corrected chi connectivity index (χ1v) is 24.6. The first-order chi connectivity index (χ1) is 36.1. The van der Waals surface area contributed by atoms with Crippen LogP contribution in [0.3, 0.4) is 0 Å². The highest BCUT2D eigenvalue weighted by Crippen LogP contribution is 2.37. The van der Waals surface area contributed by atoms with Crippen molar-refractivity contribution in [1.82, 2.24) is 24.9 Å². The molecule has 10 aromatic carbocycles. The molecular weight excluding hydrogens is 887 g/mol. The molecule has 0 bridgehead atoms. The Labute approximate surface area is 426 Å². The van der Waals surface area contributed by atoms with E-state index >= 15 is 0 Å². The molecule has 2 heterocycles. The van der Waals surface area contributed by atoms with E-state index in [1.807, 2.05) is 24.3 Å². The Bertz CT molecular complexity index is 3880. The van der Waals surface area contributed by atoms with Gasteiger partial charge < -0.3 is 0 Å². The van der Waals surface area contributed by atoms with Crippen LogP contribution in [0.5, 0.6) is 0 Å². The smallest absolute Gasteiger partial charge is 0.164 e. The number of rotatable bonds is 11. The van der Waals surface area contributed by atoms with E-state index in [0.29, 0.717) is 23.3 Å². The fraction of sp³-hybridized carbons (Fsp3) is 0.0147. The molecule has 12 rings (SSSR count). The summed E-state index contributed by atoms with van der Waals surface area (Å²) < 4.78 is 0. The lowest BCUT2D eigenvalue weighted by molar-refractivity contribution is 1.07. The van der Waals surface area contributed by atoms with Gasteiger partial charge in [0, 0.05) is 38.9 Å². The van der Waals surface area contributed by atoms with Gasteiger partial charge >= 0.3 is 0 Å². The van der Waals surface area contributed by atoms with Crippen molar-refractivity contribution in [3.05, 3.63) is 272 Å². The van der Waals surface area contributed by atoms with Gasteiger partial charge in [-0.25, -0.2) is 24.9 Å². The van der Waals surface area contributed by atoms with Crippen LogP contribution >= 0.6 is 0 Å². The predicted molar refractivity (Wildman–Crippen MR) is 300 cm³/mol. The molecule has 0 spiro atoms. The van der Waals surface area contributed by atoms with Crippen LogP contribution in [0.25, 0.3) is 124 Å². The lowest BCUT2D eigenvalue weighted by Gasteiger charge is -2.15. The van der Waals surface area contributed by atoms with Gasteiger partial charge in [-0.1, -0.05) is 243 Å². The van der Waals surface area contributed by atoms with Gasteiger partial charge in [-0.3, -0.25) is 0 Å². The van der Waals surface area contributed by atoms with E-state index in [0.717, 1.165) is 100 Å². The molecule has 0 atom stereocenters. The SMILES string of the molecule is Cc1c(-c2ccc(-c3ccccc3)cc2)nc(-c2cccc(-c3cccc(-c4nc(-c5ccc(-c6ccccc6)cc5)nc(-c5cccc(-c6ccccc6)c5)n4)c3)c2)nc1-c1cccc(-c2ccccc2)c1. The summed E-state index contributed by atoms with van der Waals surface area (Å²) in [5.74, 6) is 2.43. The minimum atomic E-state index is 0.586. The monoisotopic (exact) mass is 933 g/mol. The molecule has 2 aromatic heterocycles. The molecule has 0 fully saturated rings. The van der Waals surface area contributed by atoms with Crippen LogP contribution in [-0.4, -0.2) is 24.9 Å². The van der Waals surface area contributed by atoms with Crippen molar-refractivity contribution in [2.45, 2.75) is 6.92 Å². The first kappa shape index (κ1) is 44.5. The van der Waals surface area contributed by atoms with Crippen LogP contribution in [-0.2, 0) is 0 Å². The number of hydrogen-bond acceptors (Lipinski definition) is 5. The maximum atomic E-state index is 5.39. The van der Waals surface area contributed by atoms with E-state index in [2.05, 4.69) is 250 Å². The van der Waals surface area contributed by atoms with Crippen LogP contribution in [0, 0.1) is 6.92 Å². The van der Waals surface area contributed by atoms with E-state index in [1.165, 1.54) is 5.56 Å². The third-order valence-corrected chi connectivity index (χ3v) is 13.3. The van der Waals surface area contributed by atoms with Crippen molar-refractivity contribution < 1.29 is 0 Å². The molecule has 0 aliphatic rings. The topological polar surface area (TPSA) is 64.5 Å². The number of hydrogen-bond donors (Lipinski definition) is 0. The van der Waals surface area contributed by atoms with Gasteiger partial charge in [0.05, 0.1) is 11.4 Å². The molecule has 0 N–H and O–H groups in total. The zero-order valence-corrected chi connectivity index (χ0v) is 40.1. The Morgan fingerprint density at radius 3 is 0.808 bits per heavy atom. The second-order valence-corrected chi connectivity index (χ2v) is 18.1. The Morgan fingerprint density at radius 1 is 0.178 bits per heavy atom. The third-order valence-electron chi connectivity index (χ3n) is 13.3. The Balaban J connectivity index is 0.943. The third kappa shape index (κ3) is 9.51. The number of nitrogens with zero attached hydrogens (tertiary/aromatic N) is 5. The zero-order chi connectivity index (χ0) is 48.9. The molecule has 0 aliphatic heterocycles. The Morgan fingerprint density at radius 2 is 0.411 bits per heavy atom. The van der Waals surface area contributed by atoms with Crippen LogP contribution < -0.4 is 0 Å². The molecule has 0 saturated carbocycles. The van der Waals surface area contributed by atoms with Gasteiger partial charge in [0.25, 0.3) is 0 Å². The Kier molecular flexibility index (Phi) is 12.2. The second-order valence-electron chi connectivity index (χ2n) is 18.1. The lowest BCUT2D eigenvalue weighted by atomic mass is 9.96. The average molecular weight is 934 g/mol. The van der Waals surface area contributed by atoms with Gasteiger partial charge in [0.15, 0.2) is 23.3 Å². The number of benzene rings is 10. The van der Waals surface area contributed by atoms with Crippen molar-refractivity contribution in [3.63, 3.8) is 0 Å². The molecule has 5 heteroatoms. The van der Waals surface area contributed by atoms with Crippen LogP contribution in [0.15, 0.2) is 267 Å². The molecule has 0 amide bonds. The molecule has 0 saturated heterocycles. The summed E-state index contributed by atoms with van der Waals surface area (Å²) in [4.78, 5) is 26.2. The summed E-state index contributed by atoms with van der Waals surface area (Å²) in [5, 5.41) is 0. The summed E-state index contributed by atoms with van der Waals surface area (Å²) in [7, 11) is 0. The highest BCUT2D eigenvalue weighted by atomic mass is 15.0. The molecule has 0 unspecified atom stereocenters. The summed E-state index contributed by atoms with van der Waals surface area (Å²) >= 11 is 0. The van der Waals surface area contributed by atoms with Crippen LogP contribution in [0.1, 0.15) is 5.56 Å². The van der Waals surface area contributed by atoms with E-state index in [-0.39, 0.29) is 0 Å². The molecule has 73 heavy (non-hydrogen) atoms. The Hall–Kier alpha value is -9.71. The quantitative estimate of drug-likeness (QED) is 0.129. The van der Waals surface area contributed by atoms with E-state index in [9.17, 15) is 0 Å². The minimum Gasteiger partial charge on any atom is -0.228 e. The summed E-state index contributed by atoms with van der Waals surface area (Å²) in [6.07, 6.45) is 0. The number of aromatic nitrogens is 5. The van der Waals surface area contributed by atoms with Gasteiger partial charge in [-0.05, 0) is 86.8 Å². The van der Waals surface area contributed by atoms with Gasteiger partial charge in [-0.15, -0.1) is 0 Å². The van der Waals surface area contributed by atoms with Gasteiger partial charge in [0.1, 0.15) is 0 Å². The molecule has 0 aliphatic carbocycles. The van der Waals surface area contributed by atoms with Gasteiger partial charge in [0.2, 0.25) is 0 Å². The van der Waals surface area contributed by atoms with Crippen molar-refractivity contribution in [2.75, 3.05) is 0 Å². The minimum absolute atomic E-state index is 0.586. The predicted octanol–water partition coefficient (Wildman–Crippen LogP) is 17.3. The van der Waals surface area contributed by atoms with E-state index < -0.39 is 0 Å². The lowest BCUT2D eigenvalue weighted by Crippen LogP contribution is -2.01. The van der Waals surface area contributed by atoms with Crippen molar-refractivity contribution in [2.24, 2.45) is 0 Å². The van der Waals surface area contributed by atoms with Crippen LogP contribution in [0.2, 0.25) is 0 Å². The largest absolute Gasteiger partial charge is 0.228 e. The molecule has 12 aromatic rings. The molecular formula is C68H47N5. The maximum Gasteiger partial charge on any atom is 0.164 e.